The molecule has 0 saturated carbocycles. The Morgan fingerprint density at radius 2 is 2.12 bits per heavy atom. The van der Waals surface area contributed by atoms with Crippen molar-refractivity contribution in [2.75, 3.05) is 0 Å². The van der Waals surface area contributed by atoms with E-state index in [1.54, 1.807) is 18.5 Å². The largest absolute Gasteiger partial charge is 0.307 e. The summed E-state index contributed by atoms with van der Waals surface area (Å²) in [6.07, 6.45) is 3.50. The quantitative estimate of drug-likeness (QED) is 0.827. The van der Waals surface area contributed by atoms with Crippen LogP contribution in [0, 0.1) is 0 Å². The molecule has 86 valence electrons. The minimum absolute atomic E-state index is 0. The van der Waals surface area contributed by atoms with E-state index in [2.05, 4.69) is 20.5 Å². The van der Waals surface area contributed by atoms with Crippen molar-refractivity contribution >= 4 is 24.0 Å². The number of nitrogens with zero attached hydrogens (tertiary/aromatic N) is 2. The van der Waals surface area contributed by atoms with Gasteiger partial charge in [0, 0.05) is 31.2 Å². The number of hydrogen-bond donors (Lipinski definition) is 2. The molecule has 0 aliphatic rings. The maximum absolute atomic E-state index is 5.68. The van der Waals surface area contributed by atoms with Crippen LogP contribution in [0.5, 0.6) is 0 Å². The Morgan fingerprint density at radius 3 is 2.75 bits per heavy atom. The second-order valence-corrected chi connectivity index (χ2v) is 3.56. The van der Waals surface area contributed by atoms with E-state index in [-0.39, 0.29) is 12.4 Å². The summed E-state index contributed by atoms with van der Waals surface area (Å²) in [5.41, 5.74) is 2.18. The van der Waals surface area contributed by atoms with Gasteiger partial charge in [-0.25, -0.2) is 4.98 Å². The van der Waals surface area contributed by atoms with Gasteiger partial charge in [0.15, 0.2) is 0 Å². The molecule has 2 N–H and O–H groups in total. The van der Waals surface area contributed by atoms with Gasteiger partial charge in [0.1, 0.15) is 5.15 Å². The van der Waals surface area contributed by atoms with Crippen molar-refractivity contribution in [2.45, 2.75) is 13.1 Å². The zero-order chi connectivity index (χ0) is 10.5. The lowest BCUT2D eigenvalue weighted by atomic mass is 10.3. The average molecular weight is 259 g/mol. The van der Waals surface area contributed by atoms with Crippen LogP contribution in [0.2, 0.25) is 5.15 Å². The lowest BCUT2D eigenvalue weighted by molar-refractivity contribution is 0.676. The van der Waals surface area contributed by atoms with Gasteiger partial charge in [0.05, 0.1) is 0 Å². The third-order valence-corrected chi connectivity index (χ3v) is 2.22. The summed E-state index contributed by atoms with van der Waals surface area (Å²) >= 11 is 5.68. The van der Waals surface area contributed by atoms with Crippen molar-refractivity contribution in [3.63, 3.8) is 0 Å². The highest BCUT2D eigenvalue weighted by Gasteiger charge is 1.95. The number of halogens is 2. The number of H-pyrrole nitrogens is 1. The predicted molar refractivity (Wildman–Crippen MR) is 65.6 cm³/mol. The summed E-state index contributed by atoms with van der Waals surface area (Å²) in [6.45, 7) is 1.53. The monoisotopic (exact) mass is 258 g/mol. The van der Waals surface area contributed by atoms with Gasteiger partial charge < -0.3 is 5.32 Å². The molecule has 2 aromatic heterocycles. The van der Waals surface area contributed by atoms with E-state index >= 15 is 0 Å². The molecule has 0 amide bonds. The van der Waals surface area contributed by atoms with Crippen LogP contribution >= 0.6 is 24.0 Å². The molecule has 0 aliphatic heterocycles. The Balaban J connectivity index is 0.00000128. The lowest BCUT2D eigenvalue weighted by Crippen LogP contribution is -2.13. The Bertz CT molecular complexity index is 399. The van der Waals surface area contributed by atoms with E-state index in [1.807, 2.05) is 12.1 Å². The normalized spacial score (nSPS) is 9.81. The standard InChI is InChI=1S/C10H11ClN4.ClH/c11-10-2-1-8(6-13-10)5-12-7-9-3-4-14-15-9;/h1-4,6,12H,5,7H2,(H,14,15);1H. The Morgan fingerprint density at radius 1 is 1.25 bits per heavy atom. The van der Waals surface area contributed by atoms with Crippen molar-refractivity contribution in [3.05, 3.63) is 47.0 Å². The van der Waals surface area contributed by atoms with E-state index in [1.165, 1.54) is 0 Å². The van der Waals surface area contributed by atoms with Gasteiger partial charge >= 0.3 is 0 Å². The maximum Gasteiger partial charge on any atom is 0.129 e. The smallest absolute Gasteiger partial charge is 0.129 e. The van der Waals surface area contributed by atoms with Crippen LogP contribution < -0.4 is 5.32 Å². The number of hydrogen-bond acceptors (Lipinski definition) is 3. The maximum atomic E-state index is 5.68. The SMILES string of the molecule is Cl.Clc1ccc(CNCc2ccn[nH]2)cn1. The van der Waals surface area contributed by atoms with Crippen molar-refractivity contribution < 1.29 is 0 Å². The second-order valence-electron chi connectivity index (χ2n) is 3.17. The Hall–Kier alpha value is -1.10. The zero-order valence-corrected chi connectivity index (χ0v) is 10.1. The van der Waals surface area contributed by atoms with Gasteiger partial charge in [-0.1, -0.05) is 17.7 Å². The van der Waals surface area contributed by atoms with Crippen molar-refractivity contribution in [1.29, 1.82) is 0 Å². The van der Waals surface area contributed by atoms with Crippen molar-refractivity contribution in [2.24, 2.45) is 0 Å². The molecule has 4 nitrogen and oxygen atoms in total. The molecule has 2 rings (SSSR count). The highest BCUT2D eigenvalue weighted by Crippen LogP contribution is 2.04. The van der Waals surface area contributed by atoms with Crippen LogP contribution in [-0.2, 0) is 13.1 Å². The first-order valence-electron chi connectivity index (χ1n) is 4.64. The van der Waals surface area contributed by atoms with Gasteiger partial charge in [-0.2, -0.15) is 5.10 Å². The highest BCUT2D eigenvalue weighted by molar-refractivity contribution is 6.29. The first-order valence-corrected chi connectivity index (χ1v) is 5.02. The van der Waals surface area contributed by atoms with Crippen molar-refractivity contribution in [3.8, 4) is 0 Å². The van der Waals surface area contributed by atoms with Gasteiger partial charge in [-0.15, -0.1) is 12.4 Å². The summed E-state index contributed by atoms with van der Waals surface area (Å²) in [5.74, 6) is 0. The van der Waals surface area contributed by atoms with Crippen LogP contribution in [0.3, 0.4) is 0 Å². The second kappa shape index (κ2) is 6.48. The summed E-state index contributed by atoms with van der Waals surface area (Å²) in [7, 11) is 0. The number of rotatable bonds is 4. The number of aromatic nitrogens is 3. The molecule has 0 spiro atoms. The van der Waals surface area contributed by atoms with Crippen LogP contribution in [0.4, 0.5) is 0 Å². The van der Waals surface area contributed by atoms with Gasteiger partial charge in [-0.05, 0) is 17.7 Å². The molecule has 0 aromatic carbocycles. The fourth-order valence-corrected chi connectivity index (χ4v) is 1.35. The molecule has 0 atom stereocenters. The van der Waals surface area contributed by atoms with Crippen LogP contribution in [0.25, 0.3) is 0 Å². The van der Waals surface area contributed by atoms with Gasteiger partial charge in [-0.3, -0.25) is 5.10 Å². The highest BCUT2D eigenvalue weighted by atomic mass is 35.5. The Labute approximate surface area is 105 Å². The molecule has 0 aliphatic carbocycles. The van der Waals surface area contributed by atoms with Crippen LogP contribution in [-0.4, -0.2) is 15.2 Å². The third-order valence-electron chi connectivity index (χ3n) is 1.99. The predicted octanol–water partition coefficient (Wildman–Crippen LogP) is 2.17. The lowest BCUT2D eigenvalue weighted by Gasteiger charge is -2.02. The minimum atomic E-state index is 0. The molecule has 0 radical (unpaired) electrons. The molecule has 2 heterocycles. The van der Waals surface area contributed by atoms with E-state index in [4.69, 9.17) is 11.6 Å². The summed E-state index contributed by atoms with van der Waals surface area (Å²) in [6, 6.07) is 5.68. The first-order chi connectivity index (χ1) is 7.34. The molecule has 6 heteroatoms. The topological polar surface area (TPSA) is 53.6 Å². The zero-order valence-electron chi connectivity index (χ0n) is 8.48. The number of nitrogens with one attached hydrogen (secondary N) is 2. The van der Waals surface area contributed by atoms with Gasteiger partial charge in [0.25, 0.3) is 0 Å². The fraction of sp³-hybridized carbons (Fsp3) is 0.200. The Kier molecular flexibility index (Phi) is 5.25. The van der Waals surface area contributed by atoms with E-state index in [9.17, 15) is 0 Å². The third kappa shape index (κ3) is 3.81. The molecule has 0 fully saturated rings. The number of aromatic amines is 1. The van der Waals surface area contributed by atoms with Gasteiger partial charge in [0.2, 0.25) is 0 Å². The summed E-state index contributed by atoms with van der Waals surface area (Å²) in [4.78, 5) is 4.00. The van der Waals surface area contributed by atoms with Crippen LogP contribution in [0.1, 0.15) is 11.3 Å². The molecular weight excluding hydrogens is 247 g/mol. The van der Waals surface area contributed by atoms with Crippen LogP contribution in [0.15, 0.2) is 30.6 Å². The molecular formula is C10H12Cl2N4. The average Bonchev–Trinajstić information content (AvgIpc) is 2.74. The summed E-state index contributed by atoms with van der Waals surface area (Å²) in [5, 5.41) is 10.5. The van der Waals surface area contributed by atoms with E-state index in [0.29, 0.717) is 5.15 Å². The fourth-order valence-electron chi connectivity index (χ4n) is 1.24. The van der Waals surface area contributed by atoms with E-state index in [0.717, 1.165) is 24.3 Å². The molecule has 0 unspecified atom stereocenters. The molecule has 0 saturated heterocycles. The molecule has 2 aromatic rings. The number of pyridine rings is 1. The van der Waals surface area contributed by atoms with E-state index < -0.39 is 0 Å². The van der Waals surface area contributed by atoms with Crippen molar-refractivity contribution in [1.82, 2.24) is 20.5 Å². The molecule has 16 heavy (non-hydrogen) atoms. The first kappa shape index (κ1) is 13.0. The summed E-state index contributed by atoms with van der Waals surface area (Å²) < 4.78 is 0. The molecule has 0 bridgehead atoms. The minimum Gasteiger partial charge on any atom is -0.307 e.